The van der Waals surface area contributed by atoms with Crippen LogP contribution < -0.4 is 5.56 Å². The van der Waals surface area contributed by atoms with Crippen LogP contribution in [0.1, 0.15) is 5.69 Å². The lowest BCUT2D eigenvalue weighted by molar-refractivity contribution is 0.518. The van der Waals surface area contributed by atoms with E-state index in [0.29, 0.717) is 13.1 Å². The molecule has 5 heteroatoms. The first-order valence-electron chi connectivity index (χ1n) is 4.76. The molecule has 78 valence electrons. The van der Waals surface area contributed by atoms with E-state index in [1.54, 1.807) is 28.7 Å². The van der Waals surface area contributed by atoms with E-state index in [-0.39, 0.29) is 5.56 Å². The lowest BCUT2D eigenvalue weighted by Crippen LogP contribution is -2.22. The molecule has 0 aliphatic heterocycles. The van der Waals surface area contributed by atoms with E-state index in [0.717, 1.165) is 5.69 Å². The summed E-state index contributed by atoms with van der Waals surface area (Å²) in [6, 6.07) is 3.39. The van der Waals surface area contributed by atoms with Gasteiger partial charge in [0.25, 0.3) is 5.56 Å². The van der Waals surface area contributed by atoms with Crippen molar-refractivity contribution in [1.82, 2.24) is 19.3 Å². The van der Waals surface area contributed by atoms with Crippen molar-refractivity contribution in [3.63, 3.8) is 0 Å². The van der Waals surface area contributed by atoms with E-state index < -0.39 is 0 Å². The Morgan fingerprint density at radius 1 is 1.40 bits per heavy atom. The Morgan fingerprint density at radius 3 is 2.93 bits per heavy atom. The maximum atomic E-state index is 11.5. The zero-order valence-corrected chi connectivity index (χ0v) is 8.50. The molecule has 2 aromatic rings. The number of aryl methyl sites for hydroxylation is 3. The maximum Gasteiger partial charge on any atom is 0.253 e. The summed E-state index contributed by atoms with van der Waals surface area (Å²) in [6.07, 6.45) is 5.16. The van der Waals surface area contributed by atoms with Gasteiger partial charge >= 0.3 is 0 Å². The predicted molar refractivity (Wildman–Crippen MR) is 55.5 cm³/mol. The van der Waals surface area contributed by atoms with Crippen LogP contribution in [0.3, 0.4) is 0 Å². The van der Waals surface area contributed by atoms with E-state index >= 15 is 0 Å². The van der Waals surface area contributed by atoms with Crippen molar-refractivity contribution >= 4 is 0 Å². The second-order valence-corrected chi connectivity index (χ2v) is 3.33. The van der Waals surface area contributed by atoms with Crippen LogP contribution in [0.5, 0.6) is 0 Å². The second kappa shape index (κ2) is 4.08. The minimum absolute atomic E-state index is 0.0188. The average Bonchev–Trinajstić information content (AvgIpc) is 2.69. The van der Waals surface area contributed by atoms with Crippen molar-refractivity contribution in [3.05, 3.63) is 46.9 Å². The molecule has 0 atom stereocenters. The first-order valence-corrected chi connectivity index (χ1v) is 4.76. The first-order chi connectivity index (χ1) is 7.25. The highest BCUT2D eigenvalue weighted by Gasteiger charge is 1.97. The third-order valence-electron chi connectivity index (χ3n) is 2.15. The molecule has 2 aromatic heterocycles. The Kier molecular flexibility index (Phi) is 2.62. The summed E-state index contributed by atoms with van der Waals surface area (Å²) in [4.78, 5) is 15.6. The maximum absolute atomic E-state index is 11.5. The molecular formula is C10H12N4O. The minimum Gasteiger partial charge on any atom is -0.297 e. The highest BCUT2D eigenvalue weighted by atomic mass is 16.1. The molecule has 0 unspecified atom stereocenters. The van der Waals surface area contributed by atoms with Gasteiger partial charge in [0.15, 0.2) is 0 Å². The van der Waals surface area contributed by atoms with Crippen molar-refractivity contribution in [3.8, 4) is 0 Å². The van der Waals surface area contributed by atoms with E-state index in [2.05, 4.69) is 10.1 Å². The van der Waals surface area contributed by atoms with E-state index in [4.69, 9.17) is 0 Å². The molecule has 0 fully saturated rings. The Hall–Kier alpha value is -1.91. The number of rotatable bonds is 3. The van der Waals surface area contributed by atoms with Crippen LogP contribution in [0, 0.1) is 6.92 Å². The topological polar surface area (TPSA) is 52.7 Å². The van der Waals surface area contributed by atoms with Crippen molar-refractivity contribution < 1.29 is 0 Å². The van der Waals surface area contributed by atoms with Gasteiger partial charge in [0.05, 0.1) is 12.9 Å². The molecule has 2 rings (SSSR count). The van der Waals surface area contributed by atoms with E-state index in [1.165, 1.54) is 6.07 Å². The largest absolute Gasteiger partial charge is 0.297 e. The van der Waals surface area contributed by atoms with Crippen LogP contribution in [-0.2, 0) is 13.1 Å². The molecule has 0 amide bonds. The fourth-order valence-corrected chi connectivity index (χ4v) is 1.33. The van der Waals surface area contributed by atoms with Gasteiger partial charge in [-0.2, -0.15) is 5.10 Å². The molecule has 0 saturated carbocycles. The Bertz CT molecular complexity index is 486. The molecule has 0 radical (unpaired) electrons. The third kappa shape index (κ3) is 2.31. The summed E-state index contributed by atoms with van der Waals surface area (Å²) in [5, 5.41) is 4.06. The van der Waals surface area contributed by atoms with Crippen LogP contribution >= 0.6 is 0 Å². The van der Waals surface area contributed by atoms with Crippen molar-refractivity contribution in [1.29, 1.82) is 0 Å². The molecule has 0 spiro atoms. The van der Waals surface area contributed by atoms with Crippen LogP contribution in [0.2, 0.25) is 0 Å². The van der Waals surface area contributed by atoms with Crippen molar-refractivity contribution in [2.45, 2.75) is 20.0 Å². The number of hydrogen-bond acceptors (Lipinski definition) is 3. The standard InChI is InChI=1S/C10H12N4O/c1-9-7-10(15)13(8-11-9)5-6-14-4-2-3-12-14/h2-4,7-8H,5-6H2,1H3. The fourth-order valence-electron chi connectivity index (χ4n) is 1.33. The number of nitrogens with zero attached hydrogens (tertiary/aromatic N) is 4. The zero-order valence-electron chi connectivity index (χ0n) is 8.50. The molecule has 0 aromatic carbocycles. The number of hydrogen-bond donors (Lipinski definition) is 0. The Balaban J connectivity index is 2.09. The van der Waals surface area contributed by atoms with Gasteiger partial charge in [0.2, 0.25) is 0 Å². The Labute approximate surface area is 87.0 Å². The molecule has 15 heavy (non-hydrogen) atoms. The van der Waals surface area contributed by atoms with Crippen LogP contribution in [0.15, 0.2) is 35.6 Å². The molecule has 0 aliphatic carbocycles. The van der Waals surface area contributed by atoms with Gasteiger partial charge in [-0.3, -0.25) is 14.0 Å². The van der Waals surface area contributed by atoms with Crippen LogP contribution in [0.4, 0.5) is 0 Å². The zero-order chi connectivity index (χ0) is 10.7. The summed E-state index contributed by atoms with van der Waals surface area (Å²) >= 11 is 0. The van der Waals surface area contributed by atoms with Gasteiger partial charge < -0.3 is 0 Å². The van der Waals surface area contributed by atoms with Gasteiger partial charge in [0, 0.05) is 30.7 Å². The SMILES string of the molecule is Cc1cc(=O)n(CCn2cccn2)cn1. The highest BCUT2D eigenvalue weighted by molar-refractivity contribution is 4.95. The lowest BCUT2D eigenvalue weighted by Gasteiger charge is -2.04. The van der Waals surface area contributed by atoms with Gasteiger partial charge in [-0.15, -0.1) is 0 Å². The average molecular weight is 204 g/mol. The lowest BCUT2D eigenvalue weighted by atomic mass is 10.4. The van der Waals surface area contributed by atoms with Gasteiger partial charge in [-0.1, -0.05) is 0 Å². The first kappa shape index (κ1) is 9.64. The van der Waals surface area contributed by atoms with Gasteiger partial charge in [0.1, 0.15) is 0 Å². The molecule has 2 heterocycles. The smallest absolute Gasteiger partial charge is 0.253 e. The summed E-state index contributed by atoms with van der Waals surface area (Å²) in [5.41, 5.74) is 0.727. The highest BCUT2D eigenvalue weighted by Crippen LogP contribution is 1.89. The summed E-state index contributed by atoms with van der Waals surface area (Å²) in [7, 11) is 0. The molecule has 0 bridgehead atoms. The third-order valence-corrected chi connectivity index (χ3v) is 2.15. The molecule has 0 aliphatic rings. The van der Waals surface area contributed by atoms with Crippen molar-refractivity contribution in [2.75, 3.05) is 0 Å². The predicted octanol–water partition coefficient (Wildman–Crippen LogP) is 0.448. The van der Waals surface area contributed by atoms with E-state index in [1.807, 2.05) is 12.3 Å². The molecule has 0 saturated heterocycles. The quantitative estimate of drug-likeness (QED) is 0.729. The summed E-state index contributed by atoms with van der Waals surface area (Å²) in [5.74, 6) is 0. The Morgan fingerprint density at radius 2 is 2.27 bits per heavy atom. The molecule has 5 nitrogen and oxygen atoms in total. The summed E-state index contributed by atoms with van der Waals surface area (Å²) < 4.78 is 3.36. The normalized spacial score (nSPS) is 10.5. The van der Waals surface area contributed by atoms with Crippen LogP contribution in [0.25, 0.3) is 0 Å². The van der Waals surface area contributed by atoms with Gasteiger partial charge in [-0.05, 0) is 13.0 Å². The number of aromatic nitrogens is 4. The molecular weight excluding hydrogens is 192 g/mol. The fraction of sp³-hybridized carbons (Fsp3) is 0.300. The molecule has 0 N–H and O–H groups in total. The van der Waals surface area contributed by atoms with Gasteiger partial charge in [-0.25, -0.2) is 4.98 Å². The van der Waals surface area contributed by atoms with Crippen LogP contribution in [-0.4, -0.2) is 19.3 Å². The minimum atomic E-state index is -0.0188. The van der Waals surface area contributed by atoms with Crippen molar-refractivity contribution in [2.24, 2.45) is 0 Å². The monoisotopic (exact) mass is 204 g/mol. The second-order valence-electron chi connectivity index (χ2n) is 3.33. The summed E-state index contributed by atoms with van der Waals surface area (Å²) in [6.45, 7) is 3.07. The van der Waals surface area contributed by atoms with E-state index in [9.17, 15) is 4.79 Å².